The van der Waals surface area contributed by atoms with E-state index in [1.165, 1.54) is 81.3 Å². The van der Waals surface area contributed by atoms with Gasteiger partial charge < -0.3 is 10.2 Å². The molecule has 0 fully saturated rings. The average molecular weight is 821 g/mol. The first-order valence-electron chi connectivity index (χ1n) is 23.4. The Hall–Kier alpha value is -4.97. The third-order valence-corrected chi connectivity index (χ3v) is 16.1. The fraction of sp³-hybridized carbons (Fsp3) is 0.375. The van der Waals surface area contributed by atoms with Crippen molar-refractivity contribution in [3.05, 3.63) is 177 Å². The maximum Gasteiger partial charge on any atom is 0.130 e. The zero-order valence-electron chi connectivity index (χ0n) is 36.1. The quantitative estimate of drug-likeness (QED) is 0.282. The molecule has 5 atom stereocenters. The number of nitrogens with zero attached hydrogens (tertiary/aromatic N) is 3. The van der Waals surface area contributed by atoms with Crippen LogP contribution >= 0.6 is 11.3 Å². The van der Waals surface area contributed by atoms with Crippen molar-refractivity contribution in [2.24, 2.45) is 16.8 Å². The van der Waals surface area contributed by atoms with E-state index < -0.39 is 0 Å². The summed E-state index contributed by atoms with van der Waals surface area (Å²) in [7, 11) is 4.65. The molecule has 11 rings (SSSR count). The summed E-state index contributed by atoms with van der Waals surface area (Å²) in [5, 5.41) is 5.67. The van der Waals surface area contributed by atoms with Crippen LogP contribution in [-0.4, -0.2) is 48.1 Å². The van der Waals surface area contributed by atoms with Crippen LogP contribution in [-0.2, 0) is 6.42 Å². The number of allylic oxidation sites excluding steroid dienone is 22. The van der Waals surface area contributed by atoms with Crippen molar-refractivity contribution in [1.29, 1.82) is 0 Å². The molecule has 2 aliphatic heterocycles. The minimum atomic E-state index is -0.107. The van der Waals surface area contributed by atoms with Gasteiger partial charge in [-0.3, -0.25) is 4.90 Å². The molecule has 3 heterocycles. The summed E-state index contributed by atoms with van der Waals surface area (Å²) in [6.07, 6.45) is 56.5. The Balaban J connectivity index is 1.09. The van der Waals surface area contributed by atoms with Crippen LogP contribution in [0.25, 0.3) is 21.2 Å². The van der Waals surface area contributed by atoms with Gasteiger partial charge in [0.15, 0.2) is 0 Å². The van der Waals surface area contributed by atoms with Crippen molar-refractivity contribution in [2.75, 3.05) is 14.1 Å². The Kier molecular flexibility index (Phi) is 10.7. The standard InChI is InChI=1S/C56H60N4S/c1-59-54(39-22-11-5-12-23-39)58-55(60(2)56(59)40-24-13-6-14-25-40)53-46(32-34-47(57-53)38-20-9-4-10-21-38)45-28-17-29-48-51(45)52-49(61-48)35-33-44-42(31-30-37-18-7-3-8-19-37)36-41-26-15-16-27-43(41)50(44)52/h4-5,7,9,11,13,15-20,22,24,27-29,31-32,34,40-41,53-54,56-57H,3,6,8,10,12,14,21,23,25-26,30,33,35-36H2,1-2H3/b42-31-. The predicted octanol–water partition coefficient (Wildman–Crippen LogP) is 13.2. The first-order chi connectivity index (χ1) is 30.1. The summed E-state index contributed by atoms with van der Waals surface area (Å²) in [6, 6.07) is 7.04. The number of benzene rings is 1. The second-order valence-corrected chi connectivity index (χ2v) is 19.7. The Morgan fingerprint density at radius 2 is 1.75 bits per heavy atom. The molecular formula is C56H60N4S. The number of thiophene rings is 1. The second kappa shape index (κ2) is 16.7. The Morgan fingerprint density at radius 3 is 2.57 bits per heavy atom. The van der Waals surface area contributed by atoms with E-state index in [-0.39, 0.29) is 18.4 Å². The molecule has 2 aromatic rings. The molecule has 4 nitrogen and oxygen atoms in total. The molecule has 5 heteroatoms. The molecule has 1 aromatic heterocycles. The number of dihydropyridines is 1. The minimum absolute atomic E-state index is 0.00124. The average Bonchev–Trinajstić information content (AvgIpc) is 3.71. The van der Waals surface area contributed by atoms with Crippen molar-refractivity contribution in [2.45, 2.75) is 108 Å². The van der Waals surface area contributed by atoms with E-state index in [2.05, 4.69) is 151 Å². The first kappa shape index (κ1) is 38.9. The smallest absolute Gasteiger partial charge is 0.130 e. The maximum absolute atomic E-state index is 5.87. The molecule has 9 aliphatic rings. The third-order valence-electron chi connectivity index (χ3n) is 14.9. The SMILES string of the molecule is CN1C(C2NC(C3=CC=CCC3)=CC=C2c2cccc3sc4c(c23)C2=C(CC4)/C(=C\CC3=CCCC=C3)CC3CC=CC=C23)=NC(C2=CC=CCC2)N(C)C1C1C=CCCC1. The highest BCUT2D eigenvalue weighted by molar-refractivity contribution is 7.19. The summed E-state index contributed by atoms with van der Waals surface area (Å²) in [5.41, 5.74) is 16.0. The molecule has 310 valence electrons. The molecule has 0 bridgehead atoms. The first-order valence-corrected chi connectivity index (χ1v) is 24.2. The van der Waals surface area contributed by atoms with Crippen molar-refractivity contribution < 1.29 is 0 Å². The molecule has 0 spiro atoms. The van der Waals surface area contributed by atoms with Gasteiger partial charge in [-0.2, -0.15) is 0 Å². The molecule has 1 aromatic carbocycles. The van der Waals surface area contributed by atoms with Gasteiger partial charge in [-0.05, 0) is 165 Å². The van der Waals surface area contributed by atoms with Gasteiger partial charge in [0.2, 0.25) is 0 Å². The molecule has 0 saturated carbocycles. The highest BCUT2D eigenvalue weighted by atomic mass is 32.1. The zero-order valence-corrected chi connectivity index (χ0v) is 36.9. The third kappa shape index (κ3) is 7.16. The fourth-order valence-electron chi connectivity index (χ4n) is 11.9. The molecule has 5 unspecified atom stereocenters. The van der Waals surface area contributed by atoms with Crippen LogP contribution in [0.4, 0.5) is 0 Å². The lowest BCUT2D eigenvalue weighted by molar-refractivity contribution is 0.0486. The van der Waals surface area contributed by atoms with Gasteiger partial charge in [-0.15, -0.1) is 11.3 Å². The Morgan fingerprint density at radius 1 is 0.852 bits per heavy atom. The molecule has 61 heavy (non-hydrogen) atoms. The van der Waals surface area contributed by atoms with Crippen molar-refractivity contribution in [3.63, 3.8) is 0 Å². The van der Waals surface area contributed by atoms with Gasteiger partial charge in [0, 0.05) is 39.2 Å². The topological polar surface area (TPSA) is 30.9 Å². The Labute approximate surface area is 367 Å². The number of nitrogens with one attached hydrogen (secondary N) is 1. The van der Waals surface area contributed by atoms with Crippen LogP contribution in [0.5, 0.6) is 0 Å². The van der Waals surface area contributed by atoms with Crippen LogP contribution in [0.1, 0.15) is 99.5 Å². The highest BCUT2D eigenvalue weighted by Gasteiger charge is 2.43. The lowest BCUT2D eigenvalue weighted by atomic mass is 9.68. The van der Waals surface area contributed by atoms with Gasteiger partial charge in [-0.1, -0.05) is 109 Å². The molecule has 0 amide bonds. The van der Waals surface area contributed by atoms with Gasteiger partial charge in [0.25, 0.3) is 0 Å². The van der Waals surface area contributed by atoms with E-state index in [1.54, 1.807) is 27.2 Å². The number of rotatable bonds is 7. The molecule has 0 saturated heterocycles. The van der Waals surface area contributed by atoms with E-state index in [1.807, 2.05) is 11.3 Å². The van der Waals surface area contributed by atoms with E-state index in [0.29, 0.717) is 11.8 Å². The van der Waals surface area contributed by atoms with E-state index in [0.717, 1.165) is 63.6 Å². The van der Waals surface area contributed by atoms with Crippen molar-refractivity contribution in [1.82, 2.24) is 15.1 Å². The number of likely N-dealkylation sites (N-methyl/N-ethyl adjacent to an activating group) is 2. The van der Waals surface area contributed by atoms with Crippen LogP contribution in [0, 0.1) is 11.8 Å². The molecular weight excluding hydrogens is 761 g/mol. The van der Waals surface area contributed by atoms with Gasteiger partial charge >= 0.3 is 0 Å². The minimum Gasteiger partial charge on any atom is -0.371 e. The van der Waals surface area contributed by atoms with Crippen LogP contribution in [0.3, 0.4) is 0 Å². The summed E-state index contributed by atoms with van der Waals surface area (Å²) in [6.45, 7) is 0. The summed E-state index contributed by atoms with van der Waals surface area (Å²) in [5.74, 6) is 2.12. The predicted molar refractivity (Wildman–Crippen MR) is 259 cm³/mol. The second-order valence-electron chi connectivity index (χ2n) is 18.5. The number of amidine groups is 1. The maximum atomic E-state index is 5.87. The molecule has 1 N–H and O–H groups in total. The highest BCUT2D eigenvalue weighted by Crippen LogP contribution is 2.55. The molecule has 7 aliphatic carbocycles. The van der Waals surface area contributed by atoms with Crippen LogP contribution < -0.4 is 5.32 Å². The van der Waals surface area contributed by atoms with Gasteiger partial charge in [-0.25, -0.2) is 4.99 Å². The van der Waals surface area contributed by atoms with Crippen LogP contribution in [0.2, 0.25) is 0 Å². The van der Waals surface area contributed by atoms with Crippen LogP contribution in [0.15, 0.2) is 166 Å². The lowest BCUT2D eigenvalue weighted by Gasteiger charge is -2.50. The Bertz CT molecular complexity index is 2580. The fourth-order valence-corrected chi connectivity index (χ4v) is 13.1. The lowest BCUT2D eigenvalue weighted by Crippen LogP contribution is -2.62. The van der Waals surface area contributed by atoms with Crippen molar-refractivity contribution >= 4 is 38.4 Å². The number of hydrogen-bond acceptors (Lipinski definition) is 5. The number of hydrogen-bond donors (Lipinski definition) is 1. The number of aryl methyl sites for hydroxylation is 1. The largest absolute Gasteiger partial charge is 0.371 e. The van der Waals surface area contributed by atoms with Crippen molar-refractivity contribution in [3.8, 4) is 0 Å². The number of fused-ring (bicyclic) bond motifs is 6. The number of aliphatic imine (C=N–C) groups is 1. The van der Waals surface area contributed by atoms with Gasteiger partial charge in [0.1, 0.15) is 18.0 Å². The summed E-state index contributed by atoms with van der Waals surface area (Å²) >= 11 is 2.04. The van der Waals surface area contributed by atoms with E-state index in [9.17, 15) is 0 Å². The van der Waals surface area contributed by atoms with E-state index >= 15 is 0 Å². The zero-order chi connectivity index (χ0) is 40.9. The summed E-state index contributed by atoms with van der Waals surface area (Å²) in [4.78, 5) is 12.6. The monoisotopic (exact) mass is 820 g/mol. The normalized spacial score (nSPS) is 29.2. The van der Waals surface area contributed by atoms with Gasteiger partial charge in [0.05, 0.1) is 6.17 Å². The summed E-state index contributed by atoms with van der Waals surface area (Å²) < 4.78 is 1.41. The molecule has 0 radical (unpaired) electrons. The van der Waals surface area contributed by atoms with E-state index in [4.69, 9.17) is 4.99 Å².